The summed E-state index contributed by atoms with van der Waals surface area (Å²) in [5, 5.41) is 2.59. The third-order valence-corrected chi connectivity index (χ3v) is 6.42. The first-order valence-electron chi connectivity index (χ1n) is 8.16. The highest BCUT2D eigenvalue weighted by molar-refractivity contribution is 7.89. The Morgan fingerprint density at radius 1 is 1.23 bits per heavy atom. The van der Waals surface area contributed by atoms with Gasteiger partial charge in [-0.05, 0) is 25.1 Å². The highest BCUT2D eigenvalue weighted by Crippen LogP contribution is 2.25. The number of piperazine rings is 1. The molecule has 0 radical (unpaired) electrons. The van der Waals surface area contributed by atoms with E-state index in [1.54, 1.807) is 14.0 Å². The quantitative estimate of drug-likeness (QED) is 0.664. The van der Waals surface area contributed by atoms with Crippen molar-refractivity contribution in [1.82, 2.24) is 14.5 Å². The van der Waals surface area contributed by atoms with Crippen LogP contribution >= 0.6 is 0 Å². The van der Waals surface area contributed by atoms with Gasteiger partial charge in [-0.2, -0.15) is 4.31 Å². The summed E-state index contributed by atoms with van der Waals surface area (Å²) in [4.78, 5) is 25.2. The molecule has 0 aliphatic carbocycles. The summed E-state index contributed by atoms with van der Waals surface area (Å²) in [6.07, 6.45) is 0. The van der Waals surface area contributed by atoms with E-state index in [9.17, 15) is 18.0 Å². The van der Waals surface area contributed by atoms with E-state index in [0.717, 1.165) is 0 Å². The van der Waals surface area contributed by atoms with Crippen LogP contribution < -0.4 is 15.8 Å². The fourth-order valence-electron chi connectivity index (χ4n) is 2.90. The van der Waals surface area contributed by atoms with E-state index in [0.29, 0.717) is 13.1 Å². The maximum Gasteiger partial charge on any atom is 0.252 e. The van der Waals surface area contributed by atoms with Crippen LogP contribution in [0.3, 0.4) is 0 Å². The Morgan fingerprint density at radius 3 is 2.35 bits per heavy atom. The molecule has 1 aliphatic rings. The van der Waals surface area contributed by atoms with Crippen LogP contribution in [0.4, 0.5) is 0 Å². The van der Waals surface area contributed by atoms with Crippen LogP contribution in [0.1, 0.15) is 17.3 Å². The van der Waals surface area contributed by atoms with E-state index in [2.05, 4.69) is 5.32 Å². The molecule has 0 spiro atoms. The predicted molar refractivity (Wildman–Crippen MR) is 95.4 cm³/mol. The molecule has 1 saturated heterocycles. The number of hydrogen-bond donors (Lipinski definition) is 2. The molecule has 1 fully saturated rings. The summed E-state index contributed by atoms with van der Waals surface area (Å²) in [5.41, 5.74) is 5.32. The van der Waals surface area contributed by atoms with Gasteiger partial charge in [0.05, 0.1) is 23.6 Å². The van der Waals surface area contributed by atoms with Crippen LogP contribution in [0.15, 0.2) is 23.1 Å². The van der Waals surface area contributed by atoms with Crippen LogP contribution in [-0.2, 0) is 14.8 Å². The number of carbonyl (C=O) groups is 2. The first kappa shape index (κ1) is 20.1. The minimum atomic E-state index is -3.78. The molecule has 144 valence electrons. The second kappa shape index (κ2) is 8.02. The molecule has 3 N–H and O–H groups in total. The van der Waals surface area contributed by atoms with Gasteiger partial charge < -0.3 is 15.8 Å². The molecular formula is C16H24N4O5S. The lowest BCUT2D eigenvalue weighted by Crippen LogP contribution is -2.54. The van der Waals surface area contributed by atoms with Crippen molar-refractivity contribution in [1.29, 1.82) is 0 Å². The Kier molecular flexibility index (Phi) is 6.21. The molecule has 10 heteroatoms. The van der Waals surface area contributed by atoms with Crippen LogP contribution in [0.2, 0.25) is 0 Å². The zero-order valence-corrected chi connectivity index (χ0v) is 15.9. The zero-order chi connectivity index (χ0) is 19.5. The molecule has 1 aromatic rings. The summed E-state index contributed by atoms with van der Waals surface area (Å²) in [7, 11) is -0.828. The number of methoxy groups -OCH3 is 1. The molecule has 1 heterocycles. The number of sulfonamides is 1. The van der Waals surface area contributed by atoms with Crippen molar-refractivity contribution in [2.24, 2.45) is 5.73 Å². The van der Waals surface area contributed by atoms with E-state index in [1.807, 2.05) is 4.90 Å². The van der Waals surface area contributed by atoms with Crippen LogP contribution in [0.5, 0.6) is 5.75 Å². The van der Waals surface area contributed by atoms with Crippen molar-refractivity contribution >= 4 is 21.8 Å². The third-order valence-electron chi connectivity index (χ3n) is 4.52. The first-order chi connectivity index (χ1) is 12.2. The van der Waals surface area contributed by atoms with Gasteiger partial charge in [-0.1, -0.05) is 0 Å². The smallest absolute Gasteiger partial charge is 0.252 e. The number of rotatable bonds is 6. The zero-order valence-electron chi connectivity index (χ0n) is 15.1. The maximum absolute atomic E-state index is 12.9. The molecule has 26 heavy (non-hydrogen) atoms. The normalized spacial score (nSPS) is 17.5. The highest BCUT2D eigenvalue weighted by Gasteiger charge is 2.32. The second-order valence-electron chi connectivity index (χ2n) is 5.96. The first-order valence-corrected chi connectivity index (χ1v) is 9.60. The van der Waals surface area contributed by atoms with E-state index < -0.39 is 15.9 Å². The fourth-order valence-corrected chi connectivity index (χ4v) is 4.34. The van der Waals surface area contributed by atoms with Gasteiger partial charge in [0.2, 0.25) is 15.9 Å². The van der Waals surface area contributed by atoms with Crippen molar-refractivity contribution in [3.63, 3.8) is 0 Å². The van der Waals surface area contributed by atoms with Crippen LogP contribution in [-0.4, -0.2) is 75.8 Å². The molecule has 0 bridgehead atoms. The molecule has 1 unspecified atom stereocenters. The summed E-state index contributed by atoms with van der Waals surface area (Å²) >= 11 is 0. The number of primary amides is 1. The molecule has 1 aromatic carbocycles. The molecule has 1 atom stereocenters. The maximum atomic E-state index is 12.9. The third kappa shape index (κ3) is 3.97. The fraction of sp³-hybridized carbons (Fsp3) is 0.500. The lowest BCUT2D eigenvalue weighted by atomic mass is 10.2. The van der Waals surface area contributed by atoms with E-state index in [4.69, 9.17) is 10.5 Å². The van der Waals surface area contributed by atoms with Gasteiger partial charge >= 0.3 is 0 Å². The molecule has 9 nitrogen and oxygen atoms in total. The average molecular weight is 384 g/mol. The van der Waals surface area contributed by atoms with E-state index in [1.165, 1.54) is 29.6 Å². The number of benzene rings is 1. The monoisotopic (exact) mass is 384 g/mol. The van der Waals surface area contributed by atoms with Gasteiger partial charge in [0.25, 0.3) is 5.91 Å². The van der Waals surface area contributed by atoms with E-state index >= 15 is 0 Å². The minimum Gasteiger partial charge on any atom is -0.496 e. The lowest BCUT2D eigenvalue weighted by molar-refractivity contribution is -0.125. The van der Waals surface area contributed by atoms with Gasteiger partial charge in [0.15, 0.2) is 0 Å². The number of ether oxygens (including phenoxy) is 1. The molecule has 0 saturated carbocycles. The standard InChI is InChI=1S/C16H24N4O5S/c1-11(16(22)18-2)19-6-8-20(9-7-19)26(23,24)12-4-5-14(25-3)13(10-12)15(17)21/h4-5,10-11H,6-9H2,1-3H3,(H2,17,21)(H,18,22). The van der Waals surface area contributed by atoms with Crippen molar-refractivity contribution in [2.75, 3.05) is 40.3 Å². The topological polar surface area (TPSA) is 122 Å². The average Bonchev–Trinajstić information content (AvgIpc) is 2.66. The Morgan fingerprint density at radius 2 is 1.85 bits per heavy atom. The van der Waals surface area contributed by atoms with Gasteiger partial charge in [0, 0.05) is 33.2 Å². The Bertz CT molecular complexity index is 788. The summed E-state index contributed by atoms with van der Waals surface area (Å²) in [6.45, 7) is 3.16. The number of hydrogen-bond acceptors (Lipinski definition) is 6. The Balaban J connectivity index is 2.18. The number of nitrogens with one attached hydrogen (secondary N) is 1. The summed E-state index contributed by atoms with van der Waals surface area (Å²) in [6, 6.07) is 3.71. The molecule has 2 amide bonds. The number of nitrogens with zero attached hydrogens (tertiary/aromatic N) is 2. The van der Waals surface area contributed by atoms with Gasteiger partial charge in [-0.25, -0.2) is 8.42 Å². The van der Waals surface area contributed by atoms with Crippen molar-refractivity contribution in [3.05, 3.63) is 23.8 Å². The number of amides is 2. The van der Waals surface area contributed by atoms with Crippen molar-refractivity contribution in [2.45, 2.75) is 17.9 Å². The van der Waals surface area contributed by atoms with E-state index in [-0.39, 0.29) is 41.2 Å². The van der Waals surface area contributed by atoms with Crippen LogP contribution in [0.25, 0.3) is 0 Å². The Labute approximate surface area is 153 Å². The minimum absolute atomic E-state index is 0.0140. The molecule has 2 rings (SSSR count). The highest BCUT2D eigenvalue weighted by atomic mass is 32.2. The van der Waals surface area contributed by atoms with Crippen LogP contribution in [0, 0.1) is 0 Å². The van der Waals surface area contributed by atoms with Gasteiger partial charge in [0.1, 0.15) is 5.75 Å². The molecule has 0 aromatic heterocycles. The number of carbonyl (C=O) groups excluding carboxylic acids is 2. The molecular weight excluding hydrogens is 360 g/mol. The largest absolute Gasteiger partial charge is 0.496 e. The lowest BCUT2D eigenvalue weighted by Gasteiger charge is -2.36. The van der Waals surface area contributed by atoms with Gasteiger partial charge in [-0.3, -0.25) is 14.5 Å². The summed E-state index contributed by atoms with van der Waals surface area (Å²) in [5.74, 6) is -0.647. The van der Waals surface area contributed by atoms with Crippen molar-refractivity contribution in [3.8, 4) is 5.75 Å². The van der Waals surface area contributed by atoms with Crippen molar-refractivity contribution < 1.29 is 22.7 Å². The number of nitrogens with two attached hydrogens (primary N) is 1. The Hall–Kier alpha value is -2.17. The number of likely N-dealkylation sites (N-methyl/N-ethyl adjacent to an activating group) is 1. The second-order valence-corrected chi connectivity index (χ2v) is 7.89. The SMILES string of the molecule is CNC(=O)C(C)N1CCN(S(=O)(=O)c2ccc(OC)c(C(N)=O)c2)CC1. The summed E-state index contributed by atoms with van der Waals surface area (Å²) < 4.78 is 32.1. The van der Waals surface area contributed by atoms with Gasteiger partial charge in [-0.15, -0.1) is 0 Å². The predicted octanol–water partition coefficient (Wildman–Crippen LogP) is -0.765. The molecule has 1 aliphatic heterocycles.